The molecule has 0 aliphatic heterocycles. The second-order valence-electron chi connectivity index (χ2n) is 4.15. The Labute approximate surface area is 113 Å². The highest BCUT2D eigenvalue weighted by molar-refractivity contribution is 9.10. The minimum Gasteiger partial charge on any atom is -0.436 e. The summed E-state index contributed by atoms with van der Waals surface area (Å²) < 4.78 is 6.74. The van der Waals surface area contributed by atoms with Crippen LogP contribution < -0.4 is 5.73 Å². The summed E-state index contributed by atoms with van der Waals surface area (Å²) in [6, 6.07) is 11.5. The zero-order valence-electron chi connectivity index (χ0n) is 9.77. The highest BCUT2D eigenvalue weighted by Crippen LogP contribution is 2.30. The molecule has 3 rings (SSSR count). The molecule has 4 heteroatoms. The Morgan fingerprint density at radius 2 is 2.06 bits per heavy atom. The van der Waals surface area contributed by atoms with Crippen molar-refractivity contribution < 1.29 is 4.42 Å². The first-order valence-corrected chi connectivity index (χ1v) is 6.36. The van der Waals surface area contributed by atoms with Gasteiger partial charge in [0.05, 0.1) is 0 Å². The average Bonchev–Trinajstić information content (AvgIpc) is 2.75. The minimum atomic E-state index is 0.605. The van der Waals surface area contributed by atoms with Crippen LogP contribution in [-0.2, 0) is 0 Å². The Balaban J connectivity index is 2.22. The summed E-state index contributed by atoms with van der Waals surface area (Å²) in [4.78, 5) is 4.49. The number of fused-ring (bicyclic) bond motifs is 1. The zero-order valence-corrected chi connectivity index (χ0v) is 11.4. The predicted molar refractivity (Wildman–Crippen MR) is 76.3 cm³/mol. The fourth-order valence-electron chi connectivity index (χ4n) is 1.90. The molecule has 0 fully saturated rings. The van der Waals surface area contributed by atoms with Crippen LogP contribution in [0.25, 0.3) is 22.6 Å². The third-order valence-corrected chi connectivity index (χ3v) is 3.45. The number of nitrogens with zero attached hydrogens (tertiary/aromatic N) is 1. The molecule has 2 N–H and O–H groups in total. The number of nitrogens with two attached hydrogens (primary N) is 1. The van der Waals surface area contributed by atoms with Gasteiger partial charge >= 0.3 is 0 Å². The topological polar surface area (TPSA) is 52.0 Å². The van der Waals surface area contributed by atoms with E-state index in [1.54, 1.807) is 0 Å². The molecule has 2 aromatic carbocycles. The number of oxazole rings is 1. The largest absolute Gasteiger partial charge is 0.436 e. The zero-order chi connectivity index (χ0) is 12.7. The second-order valence-corrected chi connectivity index (χ2v) is 5.07. The SMILES string of the molecule is Cc1c(N)cccc1-c1nc2cc(Br)ccc2o1. The van der Waals surface area contributed by atoms with Crippen LogP contribution in [-0.4, -0.2) is 4.98 Å². The second kappa shape index (κ2) is 4.14. The van der Waals surface area contributed by atoms with Crippen molar-refractivity contribution in [2.75, 3.05) is 5.73 Å². The van der Waals surface area contributed by atoms with E-state index in [1.165, 1.54) is 0 Å². The van der Waals surface area contributed by atoms with Crippen molar-refractivity contribution in [1.29, 1.82) is 0 Å². The van der Waals surface area contributed by atoms with Gasteiger partial charge in [-0.1, -0.05) is 22.0 Å². The van der Waals surface area contributed by atoms with Gasteiger partial charge in [-0.25, -0.2) is 4.98 Å². The first-order valence-electron chi connectivity index (χ1n) is 5.57. The summed E-state index contributed by atoms with van der Waals surface area (Å²) in [5.41, 5.74) is 10.2. The Morgan fingerprint density at radius 3 is 2.89 bits per heavy atom. The maximum Gasteiger partial charge on any atom is 0.227 e. The lowest BCUT2D eigenvalue weighted by atomic mass is 10.1. The Bertz CT molecular complexity index is 734. The van der Waals surface area contributed by atoms with Gasteiger partial charge < -0.3 is 10.2 Å². The molecular formula is C14H11BrN2O. The fraction of sp³-hybridized carbons (Fsp3) is 0.0714. The lowest BCUT2D eigenvalue weighted by Crippen LogP contribution is -1.91. The summed E-state index contributed by atoms with van der Waals surface area (Å²) >= 11 is 3.42. The molecule has 0 spiro atoms. The molecule has 3 aromatic rings. The van der Waals surface area contributed by atoms with Gasteiger partial charge in [0.15, 0.2) is 5.58 Å². The lowest BCUT2D eigenvalue weighted by molar-refractivity contribution is 0.619. The normalized spacial score (nSPS) is 11.0. The van der Waals surface area contributed by atoms with E-state index < -0.39 is 0 Å². The highest BCUT2D eigenvalue weighted by atomic mass is 79.9. The van der Waals surface area contributed by atoms with Crippen molar-refractivity contribution in [2.45, 2.75) is 6.92 Å². The molecule has 1 aromatic heterocycles. The summed E-state index contributed by atoms with van der Waals surface area (Å²) in [6.45, 7) is 1.97. The van der Waals surface area contributed by atoms with E-state index in [0.717, 1.165) is 32.4 Å². The van der Waals surface area contributed by atoms with Crippen LogP contribution in [0.4, 0.5) is 5.69 Å². The molecule has 0 aliphatic carbocycles. The number of aromatic nitrogens is 1. The molecule has 0 saturated heterocycles. The van der Waals surface area contributed by atoms with Gasteiger partial charge in [0.25, 0.3) is 0 Å². The van der Waals surface area contributed by atoms with Crippen LogP contribution in [0.2, 0.25) is 0 Å². The first-order chi connectivity index (χ1) is 8.65. The molecule has 0 aliphatic rings. The van der Waals surface area contributed by atoms with Crippen LogP contribution in [0.1, 0.15) is 5.56 Å². The number of halogens is 1. The van der Waals surface area contributed by atoms with E-state index in [-0.39, 0.29) is 0 Å². The molecule has 0 atom stereocenters. The lowest BCUT2D eigenvalue weighted by Gasteiger charge is -2.03. The van der Waals surface area contributed by atoms with Gasteiger partial charge in [0.1, 0.15) is 5.52 Å². The van der Waals surface area contributed by atoms with Crippen LogP contribution in [0.5, 0.6) is 0 Å². The first kappa shape index (κ1) is 11.3. The van der Waals surface area contributed by atoms with Crippen molar-refractivity contribution >= 4 is 32.7 Å². The summed E-state index contributed by atoms with van der Waals surface area (Å²) in [6.07, 6.45) is 0. The van der Waals surface area contributed by atoms with Crippen molar-refractivity contribution in [1.82, 2.24) is 4.98 Å². The number of benzene rings is 2. The van der Waals surface area contributed by atoms with E-state index in [4.69, 9.17) is 10.2 Å². The highest BCUT2D eigenvalue weighted by Gasteiger charge is 2.11. The fourth-order valence-corrected chi connectivity index (χ4v) is 2.25. The molecule has 0 amide bonds. The Kier molecular flexibility index (Phi) is 2.59. The average molecular weight is 303 g/mol. The number of hydrogen-bond acceptors (Lipinski definition) is 3. The minimum absolute atomic E-state index is 0.605. The van der Waals surface area contributed by atoms with E-state index in [1.807, 2.05) is 43.3 Å². The Hall–Kier alpha value is -1.81. The van der Waals surface area contributed by atoms with E-state index in [2.05, 4.69) is 20.9 Å². The number of hydrogen-bond donors (Lipinski definition) is 1. The van der Waals surface area contributed by atoms with Gasteiger partial charge in [-0.15, -0.1) is 0 Å². The molecule has 18 heavy (non-hydrogen) atoms. The van der Waals surface area contributed by atoms with Crippen molar-refractivity contribution in [3.63, 3.8) is 0 Å². The predicted octanol–water partition coefficient (Wildman–Crippen LogP) is 4.15. The van der Waals surface area contributed by atoms with E-state index in [0.29, 0.717) is 5.89 Å². The van der Waals surface area contributed by atoms with Gasteiger partial charge in [-0.05, 0) is 42.8 Å². The molecule has 0 saturated carbocycles. The summed E-state index contributed by atoms with van der Waals surface area (Å²) in [5, 5.41) is 0. The van der Waals surface area contributed by atoms with Crippen LogP contribution in [0.3, 0.4) is 0 Å². The van der Waals surface area contributed by atoms with Crippen LogP contribution in [0, 0.1) is 6.92 Å². The molecule has 0 radical (unpaired) electrons. The molecule has 0 bridgehead atoms. The summed E-state index contributed by atoms with van der Waals surface area (Å²) in [7, 11) is 0. The maximum absolute atomic E-state index is 5.90. The monoisotopic (exact) mass is 302 g/mol. The van der Waals surface area contributed by atoms with E-state index in [9.17, 15) is 0 Å². The number of nitrogen functional groups attached to an aromatic ring is 1. The number of anilines is 1. The van der Waals surface area contributed by atoms with Gasteiger partial charge in [-0.3, -0.25) is 0 Å². The van der Waals surface area contributed by atoms with Gasteiger partial charge in [0.2, 0.25) is 5.89 Å². The molecule has 1 heterocycles. The van der Waals surface area contributed by atoms with Crippen molar-refractivity contribution in [3.05, 3.63) is 46.4 Å². The molecular weight excluding hydrogens is 292 g/mol. The van der Waals surface area contributed by atoms with Crippen molar-refractivity contribution in [3.8, 4) is 11.5 Å². The van der Waals surface area contributed by atoms with E-state index >= 15 is 0 Å². The molecule has 3 nitrogen and oxygen atoms in total. The van der Waals surface area contributed by atoms with Crippen LogP contribution in [0.15, 0.2) is 45.3 Å². The van der Waals surface area contributed by atoms with Gasteiger partial charge in [-0.2, -0.15) is 0 Å². The third-order valence-electron chi connectivity index (χ3n) is 2.96. The smallest absolute Gasteiger partial charge is 0.227 e. The molecule has 90 valence electrons. The molecule has 0 unspecified atom stereocenters. The quantitative estimate of drug-likeness (QED) is 0.687. The van der Waals surface area contributed by atoms with Gasteiger partial charge in [0, 0.05) is 15.7 Å². The number of rotatable bonds is 1. The van der Waals surface area contributed by atoms with Crippen molar-refractivity contribution in [2.24, 2.45) is 0 Å². The standard InChI is InChI=1S/C14H11BrN2O/c1-8-10(3-2-4-11(8)16)14-17-12-7-9(15)5-6-13(12)18-14/h2-7H,16H2,1H3. The maximum atomic E-state index is 5.90. The Morgan fingerprint density at radius 1 is 1.22 bits per heavy atom. The van der Waals surface area contributed by atoms with Crippen LogP contribution >= 0.6 is 15.9 Å². The summed E-state index contributed by atoms with van der Waals surface area (Å²) in [5.74, 6) is 0.605. The third kappa shape index (κ3) is 1.78.